The third-order valence-corrected chi connectivity index (χ3v) is 1.52. The number of hydrogen-bond acceptors (Lipinski definition) is 4. The van der Waals surface area contributed by atoms with E-state index in [4.69, 9.17) is 13.7 Å². The van der Waals surface area contributed by atoms with Gasteiger partial charge in [-0.3, -0.25) is 0 Å². The van der Waals surface area contributed by atoms with Crippen molar-refractivity contribution < 1.29 is 13.7 Å². The van der Waals surface area contributed by atoms with E-state index in [2.05, 4.69) is 25.9 Å². The van der Waals surface area contributed by atoms with E-state index in [-0.39, 0.29) is 9.37 Å². The maximum atomic E-state index is 7.88. The molecule has 0 unspecified atom stereocenters. The number of rotatable bonds is 1. The molecule has 1 aromatic heterocycles. The Morgan fingerprint density at radius 1 is 1.46 bits per heavy atom. The normalized spacial score (nSPS) is 44.2. The van der Waals surface area contributed by atoms with Gasteiger partial charge < -0.3 is 10.2 Å². The fraction of sp³-hybridized carbons (Fsp3) is 0.500. The first-order valence-electron chi connectivity index (χ1n) is 8.25. The van der Waals surface area contributed by atoms with Crippen molar-refractivity contribution in [2.24, 2.45) is 0 Å². The van der Waals surface area contributed by atoms with Gasteiger partial charge in [-0.25, -0.2) is 9.97 Å². The molecular formula is C8H11BrN4. The Bertz CT molecular complexity index is 601. The van der Waals surface area contributed by atoms with E-state index >= 15 is 0 Å². The van der Waals surface area contributed by atoms with Gasteiger partial charge in [0, 0.05) is 43.8 Å². The second-order valence-electron chi connectivity index (χ2n) is 2.00. The zero-order chi connectivity index (χ0) is 18.0. The zero-order valence-corrected chi connectivity index (χ0v) is 7.81. The summed E-state index contributed by atoms with van der Waals surface area (Å²) in [7, 11) is 0. The first-order chi connectivity index (χ1) is 10.1. The summed E-state index contributed by atoms with van der Waals surface area (Å²) >= 11 is 2.87. The van der Waals surface area contributed by atoms with Crippen LogP contribution in [0.2, 0.25) is 0 Å². The molecule has 1 fully saturated rings. The minimum absolute atomic E-state index is 0.0824. The van der Waals surface area contributed by atoms with Crippen molar-refractivity contribution in [1.82, 2.24) is 15.3 Å². The van der Waals surface area contributed by atoms with Gasteiger partial charge in [-0.15, -0.1) is 0 Å². The predicted molar refractivity (Wildman–Crippen MR) is 54.8 cm³/mol. The van der Waals surface area contributed by atoms with Crippen LogP contribution in [0.4, 0.5) is 5.95 Å². The Morgan fingerprint density at radius 3 is 2.69 bits per heavy atom. The third kappa shape index (κ3) is 2.16. The quantitative estimate of drug-likeness (QED) is 0.797. The number of hydrogen-bond donors (Lipinski definition) is 1. The summed E-state index contributed by atoms with van der Waals surface area (Å²) in [6.07, 6.45) is -1.07. The Labute approximate surface area is 99.6 Å². The van der Waals surface area contributed by atoms with Crippen LogP contribution in [-0.4, -0.2) is 36.0 Å². The number of aromatic nitrogens is 2. The molecule has 0 bridgehead atoms. The van der Waals surface area contributed by atoms with Gasteiger partial charge >= 0.3 is 0 Å². The first kappa shape index (κ1) is 2.90. The molecular weight excluding hydrogens is 232 g/mol. The molecule has 0 aliphatic carbocycles. The van der Waals surface area contributed by atoms with Crippen molar-refractivity contribution in [3.8, 4) is 0 Å². The molecule has 2 rings (SSSR count). The van der Waals surface area contributed by atoms with E-state index in [9.17, 15) is 0 Å². The van der Waals surface area contributed by atoms with Crippen molar-refractivity contribution in [1.29, 1.82) is 0 Å². The van der Waals surface area contributed by atoms with Crippen LogP contribution in [0.25, 0.3) is 0 Å². The van der Waals surface area contributed by atoms with Crippen molar-refractivity contribution in [3.05, 3.63) is 16.8 Å². The lowest BCUT2D eigenvalue weighted by Crippen LogP contribution is -2.44. The van der Waals surface area contributed by atoms with Crippen LogP contribution in [0.5, 0.6) is 0 Å². The number of nitrogens with zero attached hydrogens (tertiary/aromatic N) is 3. The van der Waals surface area contributed by atoms with Gasteiger partial charge in [0.15, 0.2) is 0 Å². The minimum Gasteiger partial charge on any atom is -0.338 e. The summed E-state index contributed by atoms with van der Waals surface area (Å²) in [6.45, 7) is -12.2. The molecule has 13 heavy (non-hydrogen) atoms. The average molecular weight is 253 g/mol. The van der Waals surface area contributed by atoms with Crippen LogP contribution in [0.3, 0.4) is 0 Å². The number of anilines is 1. The fourth-order valence-corrected chi connectivity index (χ4v) is 0.852. The highest BCUT2D eigenvalue weighted by Crippen LogP contribution is 2.10. The molecule has 1 N–H and O–H groups in total. The van der Waals surface area contributed by atoms with E-state index in [1.165, 1.54) is 0 Å². The molecule has 2 heterocycles. The van der Waals surface area contributed by atoms with Gasteiger partial charge in [-0.1, -0.05) is 0 Å². The topological polar surface area (TPSA) is 41.1 Å². The summed E-state index contributed by atoms with van der Waals surface area (Å²) in [5, 5.41) is 1.67. The molecule has 1 saturated heterocycles. The smallest absolute Gasteiger partial charge is 0.225 e. The highest BCUT2D eigenvalue weighted by molar-refractivity contribution is 9.10. The second-order valence-corrected chi connectivity index (χ2v) is 2.79. The van der Waals surface area contributed by atoms with Gasteiger partial charge in [0.1, 0.15) is 0 Å². The molecule has 0 saturated carbocycles. The van der Waals surface area contributed by atoms with Crippen molar-refractivity contribution in [2.45, 2.75) is 0 Å². The van der Waals surface area contributed by atoms with E-state index < -0.39 is 44.3 Å². The van der Waals surface area contributed by atoms with Gasteiger partial charge in [0.05, 0.1) is 12.7 Å². The fourth-order valence-electron chi connectivity index (χ4n) is 0.675. The summed E-state index contributed by atoms with van der Waals surface area (Å²) in [5.74, 6) is -0.799. The molecule has 4 nitrogen and oxygen atoms in total. The van der Waals surface area contributed by atoms with E-state index in [0.29, 0.717) is 0 Å². The summed E-state index contributed by atoms with van der Waals surface area (Å²) < 4.78 is 77.3. The van der Waals surface area contributed by atoms with Gasteiger partial charge in [0.25, 0.3) is 0 Å². The van der Waals surface area contributed by atoms with Crippen molar-refractivity contribution >= 4 is 21.9 Å². The maximum absolute atomic E-state index is 7.88. The number of nitrogens with one attached hydrogen (secondary N) is 1. The first-order valence-corrected chi connectivity index (χ1v) is 4.05. The highest BCUT2D eigenvalue weighted by atomic mass is 79.9. The third-order valence-electron chi connectivity index (χ3n) is 1.17. The second kappa shape index (κ2) is 4.02. The maximum Gasteiger partial charge on any atom is 0.225 e. The Kier molecular flexibility index (Phi) is 0.897. The molecule has 0 radical (unpaired) electrons. The molecule has 0 aromatic carbocycles. The van der Waals surface area contributed by atoms with Crippen molar-refractivity contribution in [3.63, 3.8) is 0 Å². The molecule has 70 valence electrons. The van der Waals surface area contributed by atoms with Crippen LogP contribution >= 0.6 is 15.9 Å². The lowest BCUT2D eigenvalue weighted by atomic mass is 10.4. The zero-order valence-electron chi connectivity index (χ0n) is 16.2. The van der Waals surface area contributed by atoms with E-state index in [0.717, 1.165) is 0 Å². The molecule has 1 aliphatic heterocycles. The van der Waals surface area contributed by atoms with Crippen LogP contribution in [-0.2, 0) is 0 Å². The standard InChI is InChI=1S/C8H11BrN4/c9-7-5-11-8(12-6-7)13-3-1-10-2-4-13/h5-6,10H,1-4H2/i1D2,2D2,3D2,4D2,5D,6D. The monoisotopic (exact) mass is 252 g/mol. The number of piperazine rings is 1. The summed E-state index contributed by atoms with van der Waals surface area (Å²) in [5.41, 5.74) is 0. The SMILES string of the molecule is [2H]c1nc(N2C([2H])([2H])C([2H])([2H])NC([2H])([2H])C2([2H])[2H])nc([2H])c1Br. The molecule has 0 amide bonds. The minimum atomic E-state index is -3.10. The van der Waals surface area contributed by atoms with E-state index in [1.54, 1.807) is 5.32 Å². The number of halogens is 1. The average Bonchev–Trinajstić information content (AvgIpc) is 2.32. The summed E-state index contributed by atoms with van der Waals surface area (Å²) in [6, 6.07) is 0. The van der Waals surface area contributed by atoms with Crippen LogP contribution in [0.1, 0.15) is 13.7 Å². The Hall–Kier alpha value is -0.680. The van der Waals surface area contributed by atoms with Gasteiger partial charge in [0.2, 0.25) is 5.95 Å². The van der Waals surface area contributed by atoms with Gasteiger partial charge in [-0.2, -0.15) is 0 Å². The predicted octanol–water partition coefficient (Wildman–Crippen LogP) is 0.649. The molecule has 0 atom stereocenters. The highest BCUT2D eigenvalue weighted by Gasteiger charge is 2.11. The molecule has 1 aromatic rings. The van der Waals surface area contributed by atoms with Crippen LogP contribution < -0.4 is 10.2 Å². The lowest BCUT2D eigenvalue weighted by molar-refractivity contribution is 0.579. The molecule has 5 heteroatoms. The van der Waals surface area contributed by atoms with Gasteiger partial charge in [-0.05, 0) is 15.9 Å². The lowest BCUT2D eigenvalue weighted by Gasteiger charge is -2.27. The van der Waals surface area contributed by atoms with Crippen molar-refractivity contribution in [2.75, 3.05) is 30.9 Å². The van der Waals surface area contributed by atoms with Crippen LogP contribution in [0.15, 0.2) is 16.8 Å². The largest absolute Gasteiger partial charge is 0.338 e. The summed E-state index contributed by atoms with van der Waals surface area (Å²) in [4.78, 5) is 7.19. The van der Waals surface area contributed by atoms with Crippen LogP contribution in [0, 0.1) is 0 Å². The molecule has 1 aliphatic rings. The van der Waals surface area contributed by atoms with E-state index in [1.807, 2.05) is 0 Å². The Balaban J connectivity index is 2.74. The molecule has 0 spiro atoms. The Morgan fingerprint density at radius 2 is 2.08 bits per heavy atom.